The van der Waals surface area contributed by atoms with E-state index in [0.717, 1.165) is 0 Å². The minimum atomic E-state index is -1.61. The van der Waals surface area contributed by atoms with Gasteiger partial charge in [0.05, 0.1) is 6.61 Å². The second-order valence-electron chi connectivity index (χ2n) is 2.81. The maximum atomic E-state index is 11.1. The van der Waals surface area contributed by atoms with Gasteiger partial charge in [0.25, 0.3) is 0 Å². The van der Waals surface area contributed by atoms with Crippen molar-refractivity contribution in [2.75, 3.05) is 6.61 Å². The summed E-state index contributed by atoms with van der Waals surface area (Å²) in [5.74, 6) is -0.867. The smallest absolute Gasteiger partial charge is 0.338 e. The summed E-state index contributed by atoms with van der Waals surface area (Å²) in [4.78, 5) is 18.4. The fourth-order valence-electron chi connectivity index (χ4n) is 1.00. The van der Waals surface area contributed by atoms with Crippen molar-refractivity contribution in [2.24, 2.45) is 0 Å². The minimum Gasteiger partial charge on any atom is -0.464 e. The van der Waals surface area contributed by atoms with Gasteiger partial charge in [0.15, 0.2) is 6.10 Å². The van der Waals surface area contributed by atoms with Gasteiger partial charge < -0.3 is 14.9 Å². The Morgan fingerprint density at radius 1 is 1.47 bits per heavy atom. The molecule has 0 saturated carbocycles. The highest BCUT2D eigenvalue weighted by Crippen LogP contribution is 2.15. The summed E-state index contributed by atoms with van der Waals surface area (Å²) in [6.07, 6.45) is 0.939. The van der Waals surface area contributed by atoms with Crippen molar-refractivity contribution in [3.05, 3.63) is 24.3 Å². The highest BCUT2D eigenvalue weighted by atomic mass is 16.5. The molecule has 2 atom stereocenters. The monoisotopic (exact) mass is 212 g/mol. The molecule has 0 aromatic carbocycles. The second-order valence-corrected chi connectivity index (χ2v) is 2.81. The largest absolute Gasteiger partial charge is 0.464 e. The van der Waals surface area contributed by atoms with Crippen LogP contribution < -0.4 is 0 Å². The molecule has 0 aliphatic heterocycles. The molecule has 1 aromatic rings. The van der Waals surface area contributed by atoms with Gasteiger partial charge in [-0.15, -0.1) is 0 Å². The van der Waals surface area contributed by atoms with E-state index in [9.17, 15) is 15.0 Å². The average Bonchev–Trinajstić information content (AvgIpc) is 2.28. The summed E-state index contributed by atoms with van der Waals surface area (Å²) >= 11 is 0. The quantitative estimate of drug-likeness (QED) is 0.649. The van der Waals surface area contributed by atoms with Crippen LogP contribution in [0.2, 0.25) is 0 Å². The number of carbonyl (C=O) groups excluding carboxylic acids is 1. The molecule has 0 unspecified atom stereocenters. The molecule has 0 radical (unpaired) electrons. The molecule has 0 bridgehead atoms. The Kier molecular flexibility index (Phi) is 4.14. The number of aliphatic hydroxyl groups is 2. The standard InChI is InChI=1S/C9H12N2O4/c1-2-15-9(14)8(13)7(12)6-3-10-5-11-4-6/h3-5,7-8,12-13H,2H2,1H3/t7-,8+/m0/s1. The molecule has 1 rings (SSSR count). The first-order valence-corrected chi connectivity index (χ1v) is 4.44. The number of rotatable bonds is 4. The molecule has 6 nitrogen and oxygen atoms in total. The zero-order valence-corrected chi connectivity index (χ0v) is 8.20. The lowest BCUT2D eigenvalue weighted by Gasteiger charge is -2.15. The molecule has 0 aliphatic rings. The van der Waals surface area contributed by atoms with Gasteiger partial charge in [-0.05, 0) is 6.92 Å². The number of esters is 1. The third-order valence-electron chi connectivity index (χ3n) is 1.75. The van der Waals surface area contributed by atoms with Crippen molar-refractivity contribution >= 4 is 5.97 Å². The number of nitrogens with zero attached hydrogens (tertiary/aromatic N) is 2. The first-order chi connectivity index (χ1) is 7.16. The highest BCUT2D eigenvalue weighted by Gasteiger charge is 2.27. The second kappa shape index (κ2) is 5.38. The van der Waals surface area contributed by atoms with E-state index in [0.29, 0.717) is 0 Å². The lowest BCUT2D eigenvalue weighted by atomic mass is 10.1. The van der Waals surface area contributed by atoms with E-state index >= 15 is 0 Å². The van der Waals surface area contributed by atoms with Crippen LogP contribution in [-0.2, 0) is 9.53 Å². The van der Waals surface area contributed by atoms with Gasteiger partial charge in [-0.25, -0.2) is 14.8 Å². The van der Waals surface area contributed by atoms with Gasteiger partial charge in [0.2, 0.25) is 0 Å². The van der Waals surface area contributed by atoms with E-state index in [1.807, 2.05) is 0 Å². The SMILES string of the molecule is CCOC(=O)[C@H](O)[C@@H](O)c1cncnc1. The van der Waals surface area contributed by atoms with Crippen LogP contribution in [0.1, 0.15) is 18.6 Å². The number of hydrogen-bond acceptors (Lipinski definition) is 6. The number of aliphatic hydroxyl groups excluding tert-OH is 2. The van der Waals surface area contributed by atoms with Crippen molar-refractivity contribution in [3.63, 3.8) is 0 Å². The third kappa shape index (κ3) is 2.97. The summed E-state index contributed by atoms with van der Waals surface area (Å²) in [5.41, 5.74) is 0.262. The Morgan fingerprint density at radius 3 is 2.60 bits per heavy atom. The van der Waals surface area contributed by atoms with Crippen LogP contribution in [0.5, 0.6) is 0 Å². The third-order valence-corrected chi connectivity index (χ3v) is 1.75. The molecule has 6 heteroatoms. The molecule has 0 spiro atoms. The predicted octanol–water partition coefficient (Wildman–Crippen LogP) is -0.566. The van der Waals surface area contributed by atoms with Crippen molar-refractivity contribution in [3.8, 4) is 0 Å². The Balaban J connectivity index is 2.68. The highest BCUT2D eigenvalue weighted by molar-refractivity contribution is 5.75. The van der Waals surface area contributed by atoms with Crippen molar-refractivity contribution in [1.82, 2.24) is 9.97 Å². The van der Waals surface area contributed by atoms with Crippen LogP contribution in [0, 0.1) is 0 Å². The number of carbonyl (C=O) groups is 1. The predicted molar refractivity (Wildman–Crippen MR) is 49.6 cm³/mol. The van der Waals surface area contributed by atoms with Gasteiger partial charge in [-0.2, -0.15) is 0 Å². The summed E-state index contributed by atoms with van der Waals surface area (Å²) < 4.78 is 4.56. The van der Waals surface area contributed by atoms with Gasteiger partial charge >= 0.3 is 5.97 Å². The van der Waals surface area contributed by atoms with Gasteiger partial charge in [0, 0.05) is 18.0 Å². The summed E-state index contributed by atoms with van der Waals surface area (Å²) in [7, 11) is 0. The summed E-state index contributed by atoms with van der Waals surface area (Å²) in [6.45, 7) is 1.76. The van der Waals surface area contributed by atoms with Crippen LogP contribution in [0.25, 0.3) is 0 Å². The number of ether oxygens (including phenoxy) is 1. The Hall–Kier alpha value is -1.53. The maximum Gasteiger partial charge on any atom is 0.338 e. The van der Waals surface area contributed by atoms with E-state index in [-0.39, 0.29) is 12.2 Å². The Labute approximate surface area is 86.6 Å². The topological polar surface area (TPSA) is 92.5 Å². The molecular formula is C9H12N2O4. The number of hydrogen-bond donors (Lipinski definition) is 2. The summed E-state index contributed by atoms with van der Waals surface area (Å²) in [6, 6.07) is 0. The Bertz CT molecular complexity index is 317. The first kappa shape index (κ1) is 11.5. The van der Waals surface area contributed by atoms with Crippen molar-refractivity contribution in [2.45, 2.75) is 19.1 Å². The molecule has 0 amide bonds. The van der Waals surface area contributed by atoms with Crippen molar-refractivity contribution < 1.29 is 19.7 Å². The van der Waals surface area contributed by atoms with Crippen LogP contribution in [0.4, 0.5) is 0 Å². The summed E-state index contributed by atoms with van der Waals surface area (Å²) in [5, 5.41) is 18.9. The van der Waals surface area contributed by atoms with Crippen molar-refractivity contribution in [1.29, 1.82) is 0 Å². The normalized spacial score (nSPS) is 14.3. The molecule has 82 valence electrons. The van der Waals surface area contributed by atoms with E-state index in [1.54, 1.807) is 6.92 Å². The average molecular weight is 212 g/mol. The van der Waals surface area contributed by atoms with Gasteiger partial charge in [0.1, 0.15) is 12.4 Å². The fraction of sp³-hybridized carbons (Fsp3) is 0.444. The molecule has 1 aromatic heterocycles. The molecule has 0 saturated heterocycles. The lowest BCUT2D eigenvalue weighted by Crippen LogP contribution is -2.30. The zero-order chi connectivity index (χ0) is 11.3. The zero-order valence-electron chi connectivity index (χ0n) is 8.20. The van der Waals surface area contributed by atoms with E-state index < -0.39 is 18.2 Å². The van der Waals surface area contributed by atoms with Gasteiger partial charge in [-0.1, -0.05) is 0 Å². The first-order valence-electron chi connectivity index (χ1n) is 4.44. The molecule has 0 aliphatic carbocycles. The molecule has 15 heavy (non-hydrogen) atoms. The fourth-order valence-corrected chi connectivity index (χ4v) is 1.00. The van der Waals surface area contributed by atoms with Crippen LogP contribution in [0.3, 0.4) is 0 Å². The van der Waals surface area contributed by atoms with Crippen LogP contribution in [-0.4, -0.2) is 38.9 Å². The van der Waals surface area contributed by atoms with Gasteiger partial charge in [-0.3, -0.25) is 0 Å². The molecular weight excluding hydrogens is 200 g/mol. The Morgan fingerprint density at radius 2 is 2.07 bits per heavy atom. The minimum absolute atomic E-state index is 0.147. The molecule has 1 heterocycles. The van der Waals surface area contributed by atoms with E-state index in [2.05, 4.69) is 14.7 Å². The van der Waals surface area contributed by atoms with E-state index in [4.69, 9.17) is 0 Å². The van der Waals surface area contributed by atoms with Crippen LogP contribution in [0.15, 0.2) is 18.7 Å². The number of aromatic nitrogens is 2. The maximum absolute atomic E-state index is 11.1. The molecule has 2 N–H and O–H groups in total. The lowest BCUT2D eigenvalue weighted by molar-refractivity contribution is -0.159. The van der Waals surface area contributed by atoms with E-state index in [1.165, 1.54) is 18.7 Å². The van der Waals surface area contributed by atoms with Crippen LogP contribution >= 0.6 is 0 Å². The molecule has 0 fully saturated rings.